The van der Waals surface area contributed by atoms with E-state index >= 15 is 0 Å². The molecule has 200 valence electrons. The Balaban J connectivity index is 2.02. The highest BCUT2D eigenvalue weighted by molar-refractivity contribution is 7.07. The number of allylic oxidation sites excluding steroid dienone is 1. The van der Waals surface area contributed by atoms with Crippen molar-refractivity contribution in [2.24, 2.45) is 4.99 Å². The van der Waals surface area contributed by atoms with E-state index in [1.165, 1.54) is 23.0 Å². The van der Waals surface area contributed by atoms with E-state index in [4.69, 9.17) is 35.5 Å². The lowest BCUT2D eigenvalue weighted by atomic mass is 9.93. The van der Waals surface area contributed by atoms with Gasteiger partial charge in [-0.3, -0.25) is 9.36 Å². The van der Waals surface area contributed by atoms with Gasteiger partial charge in [-0.05, 0) is 55.3 Å². The fourth-order valence-corrected chi connectivity index (χ4v) is 5.63. The Kier molecular flexibility index (Phi) is 8.58. The summed E-state index contributed by atoms with van der Waals surface area (Å²) in [7, 11) is 4.66. The molecule has 3 aromatic rings. The molecule has 8 nitrogen and oxygen atoms in total. The van der Waals surface area contributed by atoms with Gasteiger partial charge in [-0.1, -0.05) is 42.3 Å². The lowest BCUT2D eigenvalue weighted by Crippen LogP contribution is -2.40. The second kappa shape index (κ2) is 11.9. The number of carbonyl (C=O) groups is 1. The van der Waals surface area contributed by atoms with E-state index in [2.05, 4.69) is 0 Å². The summed E-state index contributed by atoms with van der Waals surface area (Å²) in [5.74, 6) is 1.10. The highest BCUT2D eigenvalue weighted by atomic mass is 35.5. The quantitative estimate of drug-likeness (QED) is 0.366. The number of carbonyl (C=O) groups excluding carboxylic acids is 1. The molecule has 0 aliphatic carbocycles. The second-order valence-corrected chi connectivity index (χ2v) is 9.86. The van der Waals surface area contributed by atoms with Crippen LogP contribution in [0.15, 0.2) is 57.5 Å². The van der Waals surface area contributed by atoms with Crippen LogP contribution in [0.2, 0.25) is 5.02 Å². The van der Waals surface area contributed by atoms with Crippen LogP contribution in [0.5, 0.6) is 17.2 Å². The minimum atomic E-state index is -0.826. The number of halogens is 1. The molecule has 38 heavy (non-hydrogen) atoms. The molecule has 0 saturated carbocycles. The summed E-state index contributed by atoms with van der Waals surface area (Å²) in [5.41, 5.74) is 1.91. The first kappa shape index (κ1) is 27.5. The maximum atomic E-state index is 13.9. The number of fused-ring (bicyclic) bond motifs is 1. The molecule has 0 fully saturated rings. The van der Waals surface area contributed by atoms with E-state index in [0.717, 1.165) is 12.0 Å². The molecule has 2 aromatic carbocycles. The smallest absolute Gasteiger partial charge is 0.338 e. The van der Waals surface area contributed by atoms with Crippen LogP contribution in [0, 0.1) is 0 Å². The molecule has 0 bridgehead atoms. The van der Waals surface area contributed by atoms with Crippen molar-refractivity contribution < 1.29 is 23.7 Å². The molecule has 1 atom stereocenters. The van der Waals surface area contributed by atoms with E-state index in [0.29, 0.717) is 54.9 Å². The third-order valence-corrected chi connectivity index (χ3v) is 7.30. The molecule has 1 aliphatic rings. The summed E-state index contributed by atoms with van der Waals surface area (Å²) in [6.07, 6.45) is 3.06. The van der Waals surface area contributed by atoms with Crippen LogP contribution < -0.4 is 29.1 Å². The molecule has 1 aromatic heterocycles. The minimum Gasteiger partial charge on any atom is -0.496 e. The number of nitrogens with zero attached hydrogens (tertiary/aromatic N) is 2. The van der Waals surface area contributed by atoms with Crippen molar-refractivity contribution in [3.8, 4) is 17.2 Å². The van der Waals surface area contributed by atoms with Gasteiger partial charge >= 0.3 is 5.97 Å². The molecular weight excluding hydrogens is 528 g/mol. The van der Waals surface area contributed by atoms with E-state index in [1.54, 1.807) is 57.6 Å². The maximum Gasteiger partial charge on any atom is 0.338 e. The standard InChI is InChI=1S/C28H29ClN2O6S/c1-6-8-19-24(27(33)37-7-2)25(18-15-17(29)10-12-20(18)34-3)31-26(32)23(38-28(31)30-19)14-16-9-11-21(35-4)22(13-16)36-5/h9-15,25H,6-8H2,1-5H3/b23-14+/t25-/m1/s1. The molecule has 0 unspecified atom stereocenters. The number of ether oxygens (including phenoxy) is 4. The Morgan fingerprint density at radius 3 is 2.42 bits per heavy atom. The van der Waals surface area contributed by atoms with Gasteiger partial charge in [0.05, 0.1) is 43.7 Å². The van der Waals surface area contributed by atoms with Crippen LogP contribution in [-0.2, 0) is 9.53 Å². The van der Waals surface area contributed by atoms with Gasteiger partial charge < -0.3 is 18.9 Å². The number of hydrogen-bond donors (Lipinski definition) is 0. The van der Waals surface area contributed by atoms with Gasteiger partial charge in [0.2, 0.25) is 0 Å². The summed E-state index contributed by atoms with van der Waals surface area (Å²) < 4.78 is 23.8. The van der Waals surface area contributed by atoms with E-state index < -0.39 is 12.0 Å². The molecule has 0 amide bonds. The SMILES string of the molecule is CCCC1=C(C(=O)OCC)[C@@H](c2cc(Cl)ccc2OC)n2c(s/c(=C/c3ccc(OC)c(OC)c3)c2=O)=N1. The van der Waals surface area contributed by atoms with Gasteiger partial charge in [-0.2, -0.15) is 0 Å². The average Bonchev–Trinajstić information content (AvgIpc) is 3.22. The van der Waals surface area contributed by atoms with Gasteiger partial charge in [0.1, 0.15) is 11.8 Å². The predicted molar refractivity (Wildman–Crippen MR) is 147 cm³/mol. The number of aromatic nitrogens is 1. The number of benzene rings is 2. The zero-order valence-corrected chi connectivity index (χ0v) is 23.4. The fourth-order valence-electron chi connectivity index (χ4n) is 4.43. The Morgan fingerprint density at radius 1 is 1.05 bits per heavy atom. The summed E-state index contributed by atoms with van der Waals surface area (Å²) in [5, 5.41) is 0.450. The number of rotatable bonds is 9. The van der Waals surface area contributed by atoms with Crippen LogP contribution in [-0.4, -0.2) is 38.5 Å². The fraction of sp³-hybridized carbons (Fsp3) is 0.321. The predicted octanol–water partition coefficient (Wildman–Crippen LogP) is 4.26. The molecule has 4 rings (SSSR count). The summed E-state index contributed by atoms with van der Waals surface area (Å²) in [6, 6.07) is 9.72. The van der Waals surface area contributed by atoms with Crippen LogP contribution in [0.25, 0.3) is 6.08 Å². The van der Waals surface area contributed by atoms with Crippen LogP contribution in [0.3, 0.4) is 0 Å². The number of esters is 1. The van der Waals surface area contributed by atoms with Crippen LogP contribution >= 0.6 is 22.9 Å². The zero-order valence-electron chi connectivity index (χ0n) is 21.9. The molecular formula is C28H29ClN2O6S. The first-order chi connectivity index (χ1) is 18.4. The first-order valence-electron chi connectivity index (χ1n) is 12.1. The van der Waals surface area contributed by atoms with Crippen LogP contribution in [0.4, 0.5) is 0 Å². The highest BCUT2D eigenvalue weighted by Crippen LogP contribution is 2.38. The monoisotopic (exact) mass is 556 g/mol. The number of thiazole rings is 1. The lowest BCUT2D eigenvalue weighted by Gasteiger charge is -2.27. The second-order valence-electron chi connectivity index (χ2n) is 8.41. The van der Waals surface area contributed by atoms with Crippen molar-refractivity contribution >= 4 is 35.0 Å². The summed E-state index contributed by atoms with van der Waals surface area (Å²) in [6.45, 7) is 3.93. The largest absolute Gasteiger partial charge is 0.496 e. The van der Waals surface area contributed by atoms with Gasteiger partial charge in [-0.25, -0.2) is 9.79 Å². The number of hydrogen-bond acceptors (Lipinski definition) is 8. The van der Waals surface area contributed by atoms with Crippen molar-refractivity contribution in [1.82, 2.24) is 4.57 Å². The van der Waals surface area contributed by atoms with Crippen molar-refractivity contribution in [3.05, 3.63) is 83.5 Å². The van der Waals surface area contributed by atoms with Gasteiger partial charge in [0.15, 0.2) is 16.3 Å². The van der Waals surface area contributed by atoms with Crippen molar-refractivity contribution in [2.75, 3.05) is 27.9 Å². The Hall–Kier alpha value is -3.56. The van der Waals surface area contributed by atoms with E-state index in [9.17, 15) is 9.59 Å². The molecule has 0 spiro atoms. The van der Waals surface area contributed by atoms with E-state index in [1.807, 2.05) is 13.0 Å². The van der Waals surface area contributed by atoms with Crippen molar-refractivity contribution in [2.45, 2.75) is 32.7 Å². The molecule has 2 heterocycles. The van der Waals surface area contributed by atoms with Gasteiger partial charge in [0, 0.05) is 10.6 Å². The first-order valence-corrected chi connectivity index (χ1v) is 13.3. The Morgan fingerprint density at radius 2 is 1.76 bits per heavy atom. The normalized spacial score (nSPS) is 15.1. The Labute approximate surface area is 229 Å². The molecule has 0 radical (unpaired) electrons. The van der Waals surface area contributed by atoms with E-state index in [-0.39, 0.29) is 12.2 Å². The molecule has 10 heteroatoms. The molecule has 0 saturated heterocycles. The molecule has 1 aliphatic heterocycles. The maximum absolute atomic E-state index is 13.9. The third-order valence-electron chi connectivity index (χ3n) is 6.08. The average molecular weight is 557 g/mol. The lowest BCUT2D eigenvalue weighted by molar-refractivity contribution is -0.139. The highest BCUT2D eigenvalue weighted by Gasteiger charge is 2.36. The summed E-state index contributed by atoms with van der Waals surface area (Å²) in [4.78, 5) is 32.5. The zero-order chi connectivity index (χ0) is 27.4. The minimum absolute atomic E-state index is 0.185. The van der Waals surface area contributed by atoms with Crippen molar-refractivity contribution in [3.63, 3.8) is 0 Å². The Bertz CT molecular complexity index is 1570. The third kappa shape index (κ3) is 5.21. The van der Waals surface area contributed by atoms with Gasteiger partial charge in [-0.15, -0.1) is 0 Å². The number of methoxy groups -OCH3 is 3. The topological polar surface area (TPSA) is 88.4 Å². The van der Waals surface area contributed by atoms with Gasteiger partial charge in [0.25, 0.3) is 5.56 Å². The molecule has 0 N–H and O–H groups in total. The van der Waals surface area contributed by atoms with Crippen LogP contribution in [0.1, 0.15) is 43.9 Å². The summed E-state index contributed by atoms with van der Waals surface area (Å²) >= 11 is 7.64. The van der Waals surface area contributed by atoms with Crippen molar-refractivity contribution in [1.29, 1.82) is 0 Å².